The first kappa shape index (κ1) is 14.2. The summed E-state index contributed by atoms with van der Waals surface area (Å²) in [4.78, 5) is 0. The second kappa shape index (κ2) is 7.50. The summed E-state index contributed by atoms with van der Waals surface area (Å²) in [6, 6.07) is 8.76. The first-order valence-electron chi connectivity index (χ1n) is 6.90. The van der Waals surface area contributed by atoms with Crippen molar-refractivity contribution >= 4 is 0 Å². The van der Waals surface area contributed by atoms with Gasteiger partial charge in [0, 0.05) is 0 Å². The molecule has 0 aliphatic heterocycles. The molecule has 0 saturated heterocycles. The fraction of sp³-hybridized carbons (Fsp3) is 0.625. The first-order chi connectivity index (χ1) is 8.15. The molecule has 17 heavy (non-hydrogen) atoms. The maximum absolute atomic E-state index is 3.56. The van der Waals surface area contributed by atoms with Gasteiger partial charge in [-0.1, -0.05) is 45.0 Å². The second-order valence-corrected chi connectivity index (χ2v) is 5.34. The molecule has 0 heterocycles. The zero-order chi connectivity index (χ0) is 12.7. The van der Waals surface area contributed by atoms with Crippen LogP contribution in [0.1, 0.15) is 38.3 Å². The lowest BCUT2D eigenvalue weighted by Crippen LogP contribution is -2.28. The maximum atomic E-state index is 3.56. The molecule has 0 aliphatic carbocycles. The molecule has 0 bridgehead atoms. The minimum atomic E-state index is 0.735. The van der Waals surface area contributed by atoms with Crippen molar-refractivity contribution in [1.29, 1.82) is 0 Å². The van der Waals surface area contributed by atoms with E-state index < -0.39 is 0 Å². The van der Waals surface area contributed by atoms with Crippen molar-refractivity contribution in [3.8, 4) is 0 Å². The van der Waals surface area contributed by atoms with Gasteiger partial charge in [-0.05, 0) is 55.8 Å². The Morgan fingerprint density at radius 3 is 2.47 bits per heavy atom. The standard InChI is InChI=1S/C16H27N/c1-5-10-17-12-16(13(2)3)11-15-9-7-6-8-14(15)4/h6-9,13,16-17H,5,10-12H2,1-4H3. The molecule has 0 aliphatic rings. The smallest absolute Gasteiger partial charge is 0.00149 e. The molecule has 96 valence electrons. The molecule has 1 heteroatoms. The summed E-state index contributed by atoms with van der Waals surface area (Å²) in [5.41, 5.74) is 2.93. The highest BCUT2D eigenvalue weighted by Crippen LogP contribution is 2.19. The predicted molar refractivity (Wildman–Crippen MR) is 76.4 cm³/mol. The van der Waals surface area contributed by atoms with Gasteiger partial charge in [-0.3, -0.25) is 0 Å². The Bertz CT molecular complexity index is 317. The normalized spacial score (nSPS) is 13.0. The van der Waals surface area contributed by atoms with Crippen LogP contribution >= 0.6 is 0 Å². The highest BCUT2D eigenvalue weighted by atomic mass is 14.9. The number of aryl methyl sites for hydroxylation is 1. The number of nitrogens with one attached hydrogen (secondary N) is 1. The lowest BCUT2D eigenvalue weighted by Gasteiger charge is -2.22. The van der Waals surface area contributed by atoms with E-state index in [1.165, 1.54) is 24.0 Å². The average molecular weight is 233 g/mol. The Morgan fingerprint density at radius 2 is 1.88 bits per heavy atom. The highest BCUT2D eigenvalue weighted by molar-refractivity contribution is 5.26. The van der Waals surface area contributed by atoms with Gasteiger partial charge in [0.05, 0.1) is 0 Å². The molecule has 0 saturated carbocycles. The fourth-order valence-electron chi connectivity index (χ4n) is 2.13. The number of benzene rings is 1. The summed E-state index contributed by atoms with van der Waals surface area (Å²) < 4.78 is 0. The monoisotopic (exact) mass is 233 g/mol. The van der Waals surface area contributed by atoms with Gasteiger partial charge < -0.3 is 5.32 Å². The van der Waals surface area contributed by atoms with Crippen molar-refractivity contribution in [2.24, 2.45) is 11.8 Å². The third-order valence-electron chi connectivity index (χ3n) is 3.52. The zero-order valence-corrected chi connectivity index (χ0v) is 11.8. The van der Waals surface area contributed by atoms with Crippen LogP contribution in [0.3, 0.4) is 0 Å². The molecule has 0 aromatic heterocycles. The van der Waals surface area contributed by atoms with Crippen molar-refractivity contribution in [2.75, 3.05) is 13.1 Å². The van der Waals surface area contributed by atoms with E-state index in [1.807, 2.05) is 0 Å². The molecule has 1 atom stereocenters. The molecule has 1 rings (SSSR count). The summed E-state index contributed by atoms with van der Waals surface area (Å²) in [5.74, 6) is 1.47. The van der Waals surface area contributed by atoms with E-state index in [1.54, 1.807) is 0 Å². The Balaban J connectivity index is 2.57. The van der Waals surface area contributed by atoms with Gasteiger partial charge >= 0.3 is 0 Å². The van der Waals surface area contributed by atoms with E-state index in [0.29, 0.717) is 0 Å². The lowest BCUT2D eigenvalue weighted by atomic mass is 9.87. The quantitative estimate of drug-likeness (QED) is 0.706. The van der Waals surface area contributed by atoms with E-state index >= 15 is 0 Å². The minimum Gasteiger partial charge on any atom is -0.316 e. The summed E-state index contributed by atoms with van der Waals surface area (Å²) in [5, 5.41) is 3.56. The number of rotatable bonds is 7. The van der Waals surface area contributed by atoms with Crippen LogP contribution in [-0.4, -0.2) is 13.1 Å². The van der Waals surface area contributed by atoms with Crippen LogP contribution in [0, 0.1) is 18.8 Å². The topological polar surface area (TPSA) is 12.0 Å². The highest BCUT2D eigenvalue weighted by Gasteiger charge is 2.14. The van der Waals surface area contributed by atoms with E-state index in [4.69, 9.17) is 0 Å². The van der Waals surface area contributed by atoms with Crippen molar-refractivity contribution in [3.63, 3.8) is 0 Å². The Hall–Kier alpha value is -0.820. The number of hydrogen-bond acceptors (Lipinski definition) is 1. The van der Waals surface area contributed by atoms with Crippen LogP contribution in [-0.2, 0) is 6.42 Å². The lowest BCUT2D eigenvalue weighted by molar-refractivity contribution is 0.360. The summed E-state index contributed by atoms with van der Waals surface area (Å²) in [7, 11) is 0. The second-order valence-electron chi connectivity index (χ2n) is 5.34. The van der Waals surface area contributed by atoms with Gasteiger partial charge in [-0.25, -0.2) is 0 Å². The third-order valence-corrected chi connectivity index (χ3v) is 3.52. The first-order valence-corrected chi connectivity index (χ1v) is 6.90. The van der Waals surface area contributed by atoms with E-state index in [-0.39, 0.29) is 0 Å². The zero-order valence-electron chi connectivity index (χ0n) is 11.8. The Labute approximate surface area is 107 Å². The molecule has 0 amide bonds. The predicted octanol–water partition coefficient (Wildman–Crippen LogP) is 3.81. The van der Waals surface area contributed by atoms with E-state index in [0.717, 1.165) is 24.9 Å². The van der Waals surface area contributed by atoms with Crippen molar-refractivity contribution in [1.82, 2.24) is 5.32 Å². The molecule has 1 unspecified atom stereocenters. The van der Waals surface area contributed by atoms with Crippen molar-refractivity contribution in [3.05, 3.63) is 35.4 Å². The molecule has 0 radical (unpaired) electrons. The van der Waals surface area contributed by atoms with Crippen molar-refractivity contribution in [2.45, 2.75) is 40.5 Å². The molecule has 0 spiro atoms. The Kier molecular flexibility index (Phi) is 6.28. The van der Waals surface area contributed by atoms with Crippen LogP contribution in [0.5, 0.6) is 0 Å². The van der Waals surface area contributed by atoms with Gasteiger partial charge in [0.1, 0.15) is 0 Å². The largest absolute Gasteiger partial charge is 0.316 e. The molecule has 1 N–H and O–H groups in total. The fourth-order valence-corrected chi connectivity index (χ4v) is 2.13. The average Bonchev–Trinajstić information content (AvgIpc) is 2.30. The maximum Gasteiger partial charge on any atom is -0.00149 e. The van der Waals surface area contributed by atoms with E-state index in [9.17, 15) is 0 Å². The molecular formula is C16H27N. The van der Waals surface area contributed by atoms with Gasteiger partial charge in [0.2, 0.25) is 0 Å². The molecule has 1 aromatic carbocycles. The third kappa shape index (κ3) is 4.91. The molecule has 0 fully saturated rings. The summed E-state index contributed by atoms with van der Waals surface area (Å²) in [6.07, 6.45) is 2.41. The van der Waals surface area contributed by atoms with Crippen molar-refractivity contribution < 1.29 is 0 Å². The van der Waals surface area contributed by atoms with Crippen LogP contribution in [0.2, 0.25) is 0 Å². The van der Waals surface area contributed by atoms with E-state index in [2.05, 4.69) is 57.3 Å². The van der Waals surface area contributed by atoms with Crippen LogP contribution < -0.4 is 5.32 Å². The van der Waals surface area contributed by atoms with Crippen LogP contribution in [0.25, 0.3) is 0 Å². The number of hydrogen-bond donors (Lipinski definition) is 1. The SMILES string of the molecule is CCCNCC(Cc1ccccc1C)C(C)C. The minimum absolute atomic E-state index is 0.735. The summed E-state index contributed by atoms with van der Waals surface area (Å²) >= 11 is 0. The van der Waals surface area contributed by atoms with Gasteiger partial charge in [-0.15, -0.1) is 0 Å². The van der Waals surface area contributed by atoms with Gasteiger partial charge in [-0.2, -0.15) is 0 Å². The van der Waals surface area contributed by atoms with Crippen LogP contribution in [0.15, 0.2) is 24.3 Å². The molecule has 1 nitrogen and oxygen atoms in total. The molecule has 1 aromatic rings. The molecular weight excluding hydrogens is 206 g/mol. The van der Waals surface area contributed by atoms with Crippen LogP contribution in [0.4, 0.5) is 0 Å². The van der Waals surface area contributed by atoms with Gasteiger partial charge in [0.25, 0.3) is 0 Å². The summed E-state index contributed by atoms with van der Waals surface area (Å²) in [6.45, 7) is 11.4. The Morgan fingerprint density at radius 1 is 1.18 bits per heavy atom. The van der Waals surface area contributed by atoms with Gasteiger partial charge in [0.15, 0.2) is 0 Å².